The molecule has 0 saturated carbocycles. The van der Waals surface area contributed by atoms with Crippen molar-refractivity contribution in [3.8, 4) is 11.4 Å². The lowest BCUT2D eigenvalue weighted by molar-refractivity contribution is -0.0586. The van der Waals surface area contributed by atoms with E-state index in [-0.39, 0.29) is 23.7 Å². The van der Waals surface area contributed by atoms with Gasteiger partial charge in [0.05, 0.1) is 40.1 Å². The molecule has 0 aliphatic carbocycles. The number of aromatic amines is 1. The molecule has 2 aromatic heterocycles. The van der Waals surface area contributed by atoms with E-state index in [2.05, 4.69) is 21.8 Å². The summed E-state index contributed by atoms with van der Waals surface area (Å²) in [5.74, 6) is 0.685. The van der Waals surface area contributed by atoms with Gasteiger partial charge in [-0.05, 0) is 45.7 Å². The Balaban J connectivity index is 1.63. The molecule has 0 radical (unpaired) electrons. The molecular weight excluding hydrogens is 416 g/mol. The van der Waals surface area contributed by atoms with Crippen molar-refractivity contribution < 1.29 is 9.53 Å². The van der Waals surface area contributed by atoms with Crippen molar-refractivity contribution in [2.45, 2.75) is 51.9 Å². The predicted molar refractivity (Wildman–Crippen MR) is 129 cm³/mol. The van der Waals surface area contributed by atoms with Crippen LogP contribution in [0.1, 0.15) is 43.1 Å². The molecule has 8 heteroatoms. The highest BCUT2D eigenvalue weighted by Crippen LogP contribution is 2.37. The minimum Gasteiger partial charge on any atom is -0.372 e. The van der Waals surface area contributed by atoms with Crippen molar-refractivity contribution in [3.63, 3.8) is 0 Å². The summed E-state index contributed by atoms with van der Waals surface area (Å²) in [6, 6.07) is 6.08. The van der Waals surface area contributed by atoms with Crippen LogP contribution >= 0.6 is 0 Å². The Bertz CT molecular complexity index is 1190. The zero-order valence-corrected chi connectivity index (χ0v) is 19.8. The van der Waals surface area contributed by atoms with Crippen LogP contribution in [0.2, 0.25) is 0 Å². The summed E-state index contributed by atoms with van der Waals surface area (Å²) in [7, 11) is 0. The number of nitrogens with one attached hydrogen (secondary N) is 1. The molecule has 0 spiro atoms. The molecule has 2 saturated heterocycles. The average molecular weight is 449 g/mol. The number of carbonyl (C=O) groups excluding carboxylic acids is 1. The highest BCUT2D eigenvalue weighted by Gasteiger charge is 2.36. The first-order chi connectivity index (χ1) is 15.7. The second-order valence-electron chi connectivity index (χ2n) is 9.93. The first-order valence-electron chi connectivity index (χ1n) is 11.6. The zero-order valence-electron chi connectivity index (χ0n) is 19.8. The van der Waals surface area contributed by atoms with Gasteiger partial charge in [0.25, 0.3) is 5.91 Å². The Morgan fingerprint density at radius 1 is 1.24 bits per heavy atom. The molecular formula is C25H32N6O2. The van der Waals surface area contributed by atoms with Crippen molar-refractivity contribution in [2.75, 3.05) is 31.1 Å². The first kappa shape index (κ1) is 21.9. The number of imidazole rings is 1. The number of aromatic nitrogens is 3. The van der Waals surface area contributed by atoms with Crippen LogP contribution in [0.3, 0.4) is 0 Å². The Hall–Kier alpha value is -2.97. The predicted octanol–water partition coefficient (Wildman–Crippen LogP) is 3.11. The lowest BCUT2D eigenvalue weighted by Crippen LogP contribution is -2.48. The molecule has 4 heterocycles. The number of morpholine rings is 1. The fourth-order valence-electron chi connectivity index (χ4n) is 5.12. The van der Waals surface area contributed by atoms with Crippen LogP contribution in [0.5, 0.6) is 0 Å². The van der Waals surface area contributed by atoms with Crippen molar-refractivity contribution in [1.82, 2.24) is 19.9 Å². The van der Waals surface area contributed by atoms with E-state index >= 15 is 0 Å². The number of aryl methyl sites for hydroxylation is 1. The summed E-state index contributed by atoms with van der Waals surface area (Å²) in [6.07, 6.45) is 4.33. The Labute approximate surface area is 194 Å². The fourth-order valence-corrected chi connectivity index (χ4v) is 5.12. The van der Waals surface area contributed by atoms with Gasteiger partial charge < -0.3 is 25.3 Å². The summed E-state index contributed by atoms with van der Waals surface area (Å²) in [5.41, 5.74) is 11.4. The van der Waals surface area contributed by atoms with Crippen LogP contribution in [-0.2, 0) is 4.74 Å². The molecule has 0 bridgehead atoms. The topological polar surface area (TPSA) is 100 Å². The molecule has 3 N–H and O–H groups in total. The van der Waals surface area contributed by atoms with Crippen LogP contribution < -0.4 is 10.6 Å². The number of benzene rings is 1. The van der Waals surface area contributed by atoms with E-state index in [0.717, 1.165) is 40.8 Å². The maximum absolute atomic E-state index is 13.8. The van der Waals surface area contributed by atoms with Gasteiger partial charge in [-0.25, -0.2) is 4.98 Å². The van der Waals surface area contributed by atoms with Crippen LogP contribution in [-0.4, -0.2) is 69.7 Å². The highest BCUT2D eigenvalue weighted by atomic mass is 16.5. The lowest BCUT2D eigenvalue weighted by atomic mass is 10.0. The minimum atomic E-state index is -0.312. The summed E-state index contributed by atoms with van der Waals surface area (Å²) < 4.78 is 5.85. The summed E-state index contributed by atoms with van der Waals surface area (Å²) in [4.78, 5) is 30.7. The standard InChI is InChI=1S/C25H32N6O2/c1-15-6-5-7-20-21(15)29-23(28-20)18-10-27-11-19(22(18)30-9-8-25(4,26)14-30)24(32)31-12-16(2)33-17(3)13-31/h5-7,10-11,16-17H,8-9,12-14,26H2,1-4H3,(H,28,29)/t16-,17+,25-/m0/s1. The molecule has 8 nitrogen and oxygen atoms in total. The second kappa shape index (κ2) is 8.11. The molecule has 5 rings (SSSR count). The number of carbonyl (C=O) groups is 1. The molecule has 1 aromatic carbocycles. The Kier molecular flexibility index (Phi) is 5.37. The number of hydrogen-bond acceptors (Lipinski definition) is 6. The second-order valence-corrected chi connectivity index (χ2v) is 9.93. The zero-order chi connectivity index (χ0) is 23.3. The van der Waals surface area contributed by atoms with Crippen LogP contribution in [0.15, 0.2) is 30.6 Å². The average Bonchev–Trinajstić information content (AvgIpc) is 3.36. The molecule has 0 unspecified atom stereocenters. The molecule has 3 atom stereocenters. The van der Waals surface area contributed by atoms with E-state index in [4.69, 9.17) is 15.5 Å². The number of hydrogen-bond donors (Lipinski definition) is 2. The number of anilines is 1. The monoisotopic (exact) mass is 448 g/mol. The molecule has 2 aliphatic heterocycles. The van der Waals surface area contributed by atoms with E-state index in [1.807, 2.05) is 43.9 Å². The van der Waals surface area contributed by atoms with Crippen LogP contribution in [0, 0.1) is 6.92 Å². The highest BCUT2D eigenvalue weighted by molar-refractivity contribution is 6.03. The van der Waals surface area contributed by atoms with Crippen molar-refractivity contribution in [3.05, 3.63) is 41.7 Å². The number of para-hydroxylation sites is 1. The van der Waals surface area contributed by atoms with Crippen LogP contribution in [0.25, 0.3) is 22.4 Å². The number of fused-ring (bicyclic) bond motifs is 1. The lowest BCUT2D eigenvalue weighted by Gasteiger charge is -2.36. The van der Waals surface area contributed by atoms with E-state index < -0.39 is 0 Å². The number of rotatable bonds is 3. The van der Waals surface area contributed by atoms with Gasteiger partial charge in [0.15, 0.2) is 0 Å². The number of H-pyrrole nitrogens is 1. The van der Waals surface area contributed by atoms with E-state index in [1.165, 1.54) is 0 Å². The van der Waals surface area contributed by atoms with Crippen molar-refractivity contribution >= 4 is 22.6 Å². The number of nitrogens with zero attached hydrogens (tertiary/aromatic N) is 4. The van der Waals surface area contributed by atoms with E-state index in [9.17, 15) is 4.79 Å². The van der Waals surface area contributed by atoms with Crippen LogP contribution in [0.4, 0.5) is 5.69 Å². The Morgan fingerprint density at radius 2 is 2.00 bits per heavy atom. The maximum atomic E-state index is 13.8. The Morgan fingerprint density at radius 3 is 2.67 bits per heavy atom. The van der Waals surface area contributed by atoms with Crippen molar-refractivity contribution in [2.24, 2.45) is 5.73 Å². The number of amides is 1. The molecule has 174 valence electrons. The quantitative estimate of drug-likeness (QED) is 0.639. The SMILES string of the molecule is Cc1cccc2[nH]c(-c3cncc(C(=O)N4C[C@@H](C)O[C@@H](C)C4)c3N3CC[C@](C)(N)C3)nc12. The fraction of sp³-hybridized carbons (Fsp3) is 0.480. The minimum absolute atomic E-state index is 0.00485. The summed E-state index contributed by atoms with van der Waals surface area (Å²) >= 11 is 0. The third-order valence-electron chi connectivity index (χ3n) is 6.65. The number of pyridine rings is 1. The molecule has 2 aliphatic rings. The van der Waals surface area contributed by atoms with Gasteiger partial charge in [0.1, 0.15) is 5.82 Å². The van der Waals surface area contributed by atoms with Gasteiger partial charge in [-0.2, -0.15) is 0 Å². The largest absolute Gasteiger partial charge is 0.372 e. The van der Waals surface area contributed by atoms with Gasteiger partial charge >= 0.3 is 0 Å². The van der Waals surface area contributed by atoms with E-state index in [0.29, 0.717) is 31.0 Å². The number of nitrogens with two attached hydrogens (primary N) is 1. The normalized spacial score (nSPS) is 25.7. The van der Waals surface area contributed by atoms with Crippen molar-refractivity contribution in [1.29, 1.82) is 0 Å². The number of ether oxygens (including phenoxy) is 1. The molecule has 2 fully saturated rings. The maximum Gasteiger partial charge on any atom is 0.257 e. The van der Waals surface area contributed by atoms with Gasteiger partial charge in [0, 0.05) is 44.1 Å². The third-order valence-corrected chi connectivity index (χ3v) is 6.65. The molecule has 1 amide bonds. The molecule has 3 aromatic rings. The van der Waals surface area contributed by atoms with Gasteiger partial charge in [-0.15, -0.1) is 0 Å². The summed E-state index contributed by atoms with van der Waals surface area (Å²) in [6.45, 7) is 10.7. The van der Waals surface area contributed by atoms with Gasteiger partial charge in [0.2, 0.25) is 0 Å². The third kappa shape index (κ3) is 4.09. The molecule has 33 heavy (non-hydrogen) atoms. The van der Waals surface area contributed by atoms with Gasteiger partial charge in [-0.3, -0.25) is 9.78 Å². The summed E-state index contributed by atoms with van der Waals surface area (Å²) in [5, 5.41) is 0. The van der Waals surface area contributed by atoms with Gasteiger partial charge in [-0.1, -0.05) is 12.1 Å². The first-order valence-corrected chi connectivity index (χ1v) is 11.6. The smallest absolute Gasteiger partial charge is 0.257 e. The van der Waals surface area contributed by atoms with E-state index in [1.54, 1.807) is 12.4 Å².